The zero-order valence-corrected chi connectivity index (χ0v) is 18.5. The van der Waals surface area contributed by atoms with E-state index in [-0.39, 0.29) is 17.4 Å². The minimum Gasteiger partial charge on any atom is -0.377 e. The zero-order valence-electron chi connectivity index (χ0n) is 17.6. The van der Waals surface area contributed by atoms with Crippen molar-refractivity contribution in [3.63, 3.8) is 0 Å². The number of hydrogen-bond acceptors (Lipinski definition) is 6. The predicted molar refractivity (Wildman–Crippen MR) is 120 cm³/mol. The molecule has 0 saturated carbocycles. The smallest absolute Gasteiger partial charge is 0.264 e. The number of piperidine rings is 1. The van der Waals surface area contributed by atoms with Gasteiger partial charge in [0.1, 0.15) is 5.82 Å². The maximum Gasteiger partial charge on any atom is 0.264 e. The summed E-state index contributed by atoms with van der Waals surface area (Å²) in [6, 6.07) is 3.71. The molecule has 1 atom stereocenters. The molecular weight excluding hydrogens is 412 g/mol. The van der Waals surface area contributed by atoms with Crippen LogP contribution in [0.1, 0.15) is 51.9 Å². The van der Waals surface area contributed by atoms with Crippen LogP contribution in [-0.4, -0.2) is 65.1 Å². The van der Waals surface area contributed by atoms with Gasteiger partial charge in [0, 0.05) is 32.0 Å². The van der Waals surface area contributed by atoms with E-state index in [0.29, 0.717) is 30.0 Å². The molecule has 5 heterocycles. The number of rotatable bonds is 4. The maximum atomic E-state index is 12.9. The molecular formula is C23H28N4O3S. The summed E-state index contributed by atoms with van der Waals surface area (Å²) in [6.45, 7) is 5.40. The Kier molecular flexibility index (Phi) is 6.02. The van der Waals surface area contributed by atoms with Crippen LogP contribution in [0.15, 0.2) is 34.0 Å². The van der Waals surface area contributed by atoms with Gasteiger partial charge in [0.25, 0.3) is 11.5 Å². The van der Waals surface area contributed by atoms with Crippen LogP contribution >= 0.6 is 11.3 Å². The second-order valence-corrected chi connectivity index (χ2v) is 9.56. The molecule has 3 aliphatic heterocycles. The third-order valence-electron chi connectivity index (χ3n) is 6.41. The molecule has 0 aliphatic carbocycles. The largest absolute Gasteiger partial charge is 0.377 e. The molecule has 0 spiro atoms. The van der Waals surface area contributed by atoms with Gasteiger partial charge in [0.15, 0.2) is 0 Å². The van der Waals surface area contributed by atoms with Crippen LogP contribution in [0.5, 0.6) is 0 Å². The number of thiophene rings is 1. The van der Waals surface area contributed by atoms with Crippen LogP contribution in [-0.2, 0) is 17.7 Å². The molecule has 0 radical (unpaired) electrons. The van der Waals surface area contributed by atoms with Crippen molar-refractivity contribution in [3.8, 4) is 0 Å². The number of hydrogen-bond donors (Lipinski definition) is 1. The van der Waals surface area contributed by atoms with Crippen molar-refractivity contribution >= 4 is 17.2 Å². The summed E-state index contributed by atoms with van der Waals surface area (Å²) < 4.78 is 5.58. The number of carbonyl (C=O) groups is 1. The lowest BCUT2D eigenvalue weighted by atomic mass is 9.95. The number of likely N-dealkylation sites (tertiary alicyclic amines) is 1. The van der Waals surface area contributed by atoms with E-state index in [2.05, 4.69) is 16.0 Å². The van der Waals surface area contributed by atoms with E-state index in [1.54, 1.807) is 4.90 Å². The van der Waals surface area contributed by atoms with Gasteiger partial charge in [-0.15, -0.1) is 11.3 Å². The van der Waals surface area contributed by atoms with E-state index in [1.165, 1.54) is 16.9 Å². The normalized spacial score (nSPS) is 22.1. The van der Waals surface area contributed by atoms with Gasteiger partial charge in [0.2, 0.25) is 0 Å². The van der Waals surface area contributed by atoms with E-state index in [1.807, 2.05) is 17.5 Å². The van der Waals surface area contributed by atoms with Crippen molar-refractivity contribution in [2.24, 2.45) is 0 Å². The van der Waals surface area contributed by atoms with Crippen molar-refractivity contribution in [2.45, 2.75) is 38.1 Å². The Hall–Kier alpha value is -2.29. The quantitative estimate of drug-likeness (QED) is 0.740. The second kappa shape index (κ2) is 9.06. The van der Waals surface area contributed by atoms with E-state index in [9.17, 15) is 9.59 Å². The highest BCUT2D eigenvalue weighted by atomic mass is 32.1. The number of nitrogens with one attached hydrogen (secondary N) is 1. The van der Waals surface area contributed by atoms with Crippen LogP contribution in [0.2, 0.25) is 0 Å². The molecule has 31 heavy (non-hydrogen) atoms. The van der Waals surface area contributed by atoms with Crippen LogP contribution < -0.4 is 5.56 Å². The average molecular weight is 441 g/mol. The molecule has 1 N–H and O–H groups in total. The monoisotopic (exact) mass is 440 g/mol. The summed E-state index contributed by atoms with van der Waals surface area (Å²) in [6.07, 6.45) is 6.07. The predicted octanol–water partition coefficient (Wildman–Crippen LogP) is 2.56. The van der Waals surface area contributed by atoms with Gasteiger partial charge in [-0.2, -0.15) is 0 Å². The highest BCUT2D eigenvalue weighted by Gasteiger charge is 2.29. The van der Waals surface area contributed by atoms with E-state index < -0.39 is 0 Å². The van der Waals surface area contributed by atoms with Crippen molar-refractivity contribution in [2.75, 3.05) is 39.4 Å². The third-order valence-corrected chi connectivity index (χ3v) is 7.27. The van der Waals surface area contributed by atoms with Gasteiger partial charge < -0.3 is 14.6 Å². The molecule has 3 aliphatic rings. The summed E-state index contributed by atoms with van der Waals surface area (Å²) >= 11 is 1.43. The fourth-order valence-electron chi connectivity index (χ4n) is 4.80. The Bertz CT molecular complexity index is 1030. The van der Waals surface area contributed by atoms with Crippen molar-refractivity contribution in [1.82, 2.24) is 19.8 Å². The van der Waals surface area contributed by atoms with Crippen molar-refractivity contribution in [1.29, 1.82) is 0 Å². The number of aromatic nitrogens is 2. The molecule has 2 aromatic heterocycles. The maximum absolute atomic E-state index is 12.9. The number of carbonyl (C=O) groups excluding carboxylic acids is 1. The standard InChI is InChI=1S/C23H28N4O3S/c28-22-18-14-27(23(29)20-6-3-11-31-20)9-7-19(18)24-21(25-22)17-5-1-8-26(13-17)12-16-4-2-10-30-15-16/h3-4,6,11,17H,1-2,5,7-10,12-15H2,(H,24,25,28). The second-order valence-electron chi connectivity index (χ2n) is 8.61. The molecule has 7 nitrogen and oxygen atoms in total. The average Bonchev–Trinajstić information content (AvgIpc) is 3.34. The van der Waals surface area contributed by atoms with Gasteiger partial charge in [-0.25, -0.2) is 4.98 Å². The number of aromatic amines is 1. The van der Waals surface area contributed by atoms with E-state index in [4.69, 9.17) is 9.72 Å². The molecule has 1 saturated heterocycles. The lowest BCUT2D eigenvalue weighted by Crippen LogP contribution is -2.41. The molecule has 0 bridgehead atoms. The Morgan fingerprint density at radius 1 is 1.35 bits per heavy atom. The molecule has 164 valence electrons. The molecule has 1 fully saturated rings. The fourth-order valence-corrected chi connectivity index (χ4v) is 5.49. The fraction of sp³-hybridized carbons (Fsp3) is 0.522. The highest BCUT2D eigenvalue weighted by Crippen LogP contribution is 2.26. The first-order chi connectivity index (χ1) is 15.2. The Morgan fingerprint density at radius 3 is 3.10 bits per heavy atom. The van der Waals surface area contributed by atoms with Gasteiger partial charge in [-0.3, -0.25) is 14.5 Å². The number of ether oxygens (including phenoxy) is 1. The van der Waals surface area contributed by atoms with Crippen molar-refractivity contribution in [3.05, 3.63) is 61.5 Å². The summed E-state index contributed by atoms with van der Waals surface area (Å²) in [5.74, 6) is 1.04. The summed E-state index contributed by atoms with van der Waals surface area (Å²) in [5.41, 5.74) is 2.75. The van der Waals surface area contributed by atoms with Crippen molar-refractivity contribution < 1.29 is 9.53 Å². The lowest BCUT2D eigenvalue weighted by molar-refractivity contribution is 0.0737. The number of amides is 1. The van der Waals surface area contributed by atoms with Crippen LogP contribution in [0.3, 0.4) is 0 Å². The first-order valence-corrected chi connectivity index (χ1v) is 12.0. The molecule has 2 aromatic rings. The van der Waals surface area contributed by atoms with Gasteiger partial charge in [-0.05, 0) is 42.8 Å². The molecule has 8 heteroatoms. The van der Waals surface area contributed by atoms with Crippen LogP contribution in [0.25, 0.3) is 0 Å². The first kappa shape index (κ1) is 20.6. The summed E-state index contributed by atoms with van der Waals surface area (Å²) in [5, 5.41) is 1.90. The minimum atomic E-state index is -0.0933. The number of fused-ring (bicyclic) bond motifs is 1. The summed E-state index contributed by atoms with van der Waals surface area (Å²) in [7, 11) is 0. The Labute approximate surface area is 185 Å². The van der Waals surface area contributed by atoms with E-state index >= 15 is 0 Å². The number of nitrogens with zero attached hydrogens (tertiary/aromatic N) is 3. The highest BCUT2D eigenvalue weighted by molar-refractivity contribution is 7.12. The first-order valence-electron chi connectivity index (χ1n) is 11.1. The summed E-state index contributed by atoms with van der Waals surface area (Å²) in [4.78, 5) is 38.4. The molecule has 1 amide bonds. The van der Waals surface area contributed by atoms with E-state index in [0.717, 1.165) is 63.6 Å². The lowest BCUT2D eigenvalue weighted by Gasteiger charge is -2.34. The van der Waals surface area contributed by atoms with Gasteiger partial charge >= 0.3 is 0 Å². The zero-order chi connectivity index (χ0) is 21.2. The van der Waals surface area contributed by atoms with Crippen LogP contribution in [0.4, 0.5) is 0 Å². The Morgan fingerprint density at radius 2 is 2.29 bits per heavy atom. The Balaban J connectivity index is 1.29. The third kappa shape index (κ3) is 4.51. The van der Waals surface area contributed by atoms with Crippen LogP contribution in [0, 0.1) is 0 Å². The van der Waals surface area contributed by atoms with Gasteiger partial charge in [0.05, 0.1) is 35.9 Å². The minimum absolute atomic E-state index is 0.00644. The van der Waals surface area contributed by atoms with Gasteiger partial charge in [-0.1, -0.05) is 12.1 Å². The molecule has 5 rings (SSSR count). The molecule has 0 aromatic carbocycles. The molecule has 1 unspecified atom stereocenters. The number of H-pyrrole nitrogens is 1. The topological polar surface area (TPSA) is 78.5 Å². The SMILES string of the molecule is O=C(c1cccs1)N1CCc2nc(C3CCCN(CC4=CCCOC4)C3)[nH]c(=O)c2C1.